The number of hydrogen-bond acceptors (Lipinski definition) is 3. The van der Waals surface area contributed by atoms with E-state index in [9.17, 15) is 0 Å². The molecule has 13 heavy (non-hydrogen) atoms. The van der Waals surface area contributed by atoms with Crippen LogP contribution in [0.15, 0.2) is 17.2 Å². The van der Waals surface area contributed by atoms with E-state index in [1.807, 2.05) is 0 Å². The van der Waals surface area contributed by atoms with E-state index in [1.54, 1.807) is 31.1 Å². The maximum Gasteiger partial charge on any atom is 0.228 e. The lowest BCUT2D eigenvalue weighted by Gasteiger charge is -2.07. The summed E-state index contributed by atoms with van der Waals surface area (Å²) in [6.07, 6.45) is 2.76. The van der Waals surface area contributed by atoms with E-state index in [2.05, 4.69) is 11.9 Å². The van der Waals surface area contributed by atoms with Gasteiger partial charge in [0.05, 0.1) is 17.0 Å². The average Bonchev–Trinajstić information content (AvgIpc) is 2.15. The van der Waals surface area contributed by atoms with Crippen LogP contribution in [0.3, 0.4) is 0 Å². The van der Waals surface area contributed by atoms with Crippen molar-refractivity contribution >= 4 is 23.4 Å². The summed E-state index contributed by atoms with van der Waals surface area (Å²) in [7, 11) is 1.61. The third-order valence-corrected chi connectivity index (χ3v) is 3.19. The Kier molecular flexibility index (Phi) is 4.39. The highest BCUT2D eigenvalue weighted by molar-refractivity contribution is 7.99. The molecule has 0 aliphatic rings. The van der Waals surface area contributed by atoms with Gasteiger partial charge in [0, 0.05) is 6.20 Å². The van der Waals surface area contributed by atoms with Crippen molar-refractivity contribution in [2.24, 2.45) is 0 Å². The molecule has 0 unspecified atom stereocenters. The Morgan fingerprint density at radius 1 is 1.62 bits per heavy atom. The number of rotatable bonds is 4. The topological polar surface area (TPSA) is 22.1 Å². The van der Waals surface area contributed by atoms with E-state index in [1.165, 1.54) is 0 Å². The highest BCUT2D eigenvalue weighted by atomic mass is 35.5. The summed E-state index contributed by atoms with van der Waals surface area (Å²) in [6, 6.07) is 1.78. The van der Waals surface area contributed by atoms with Crippen LogP contribution in [0, 0.1) is 0 Å². The van der Waals surface area contributed by atoms with Gasteiger partial charge in [-0.3, -0.25) is 0 Å². The van der Waals surface area contributed by atoms with Gasteiger partial charge in [-0.25, -0.2) is 4.98 Å². The Hall–Kier alpha value is -0.410. The van der Waals surface area contributed by atoms with Crippen molar-refractivity contribution in [3.05, 3.63) is 17.3 Å². The molecule has 1 aromatic rings. The van der Waals surface area contributed by atoms with Crippen LogP contribution >= 0.6 is 23.4 Å². The second-order valence-electron chi connectivity index (χ2n) is 2.48. The van der Waals surface area contributed by atoms with Gasteiger partial charge in [-0.05, 0) is 18.2 Å². The van der Waals surface area contributed by atoms with Gasteiger partial charge in [0.1, 0.15) is 0 Å². The molecule has 4 heteroatoms. The zero-order chi connectivity index (χ0) is 9.68. The number of halogens is 1. The molecule has 0 aliphatic carbocycles. The molecule has 0 fully saturated rings. The fourth-order valence-electron chi connectivity index (χ4n) is 0.887. The zero-order valence-corrected chi connectivity index (χ0v) is 9.28. The smallest absolute Gasteiger partial charge is 0.228 e. The average molecular weight is 218 g/mol. The largest absolute Gasteiger partial charge is 0.480 e. The lowest BCUT2D eigenvalue weighted by Crippen LogP contribution is -1.91. The number of pyridine rings is 1. The van der Waals surface area contributed by atoms with Crippen molar-refractivity contribution in [3.8, 4) is 5.88 Å². The van der Waals surface area contributed by atoms with E-state index in [-0.39, 0.29) is 0 Å². The van der Waals surface area contributed by atoms with Crippen LogP contribution in [-0.2, 0) is 0 Å². The molecule has 1 heterocycles. The summed E-state index contributed by atoms with van der Waals surface area (Å²) in [5.41, 5.74) is 0. The summed E-state index contributed by atoms with van der Waals surface area (Å²) in [5.74, 6) is 1.65. The Labute approximate surface area is 87.7 Å². The Morgan fingerprint density at radius 2 is 2.38 bits per heavy atom. The molecule has 0 radical (unpaired) electrons. The standard InChI is InChI=1S/C9H12ClNOS/c1-3-6-13-8-7(10)4-5-11-9(8)12-2/h4-5H,3,6H2,1-2H3. The third-order valence-electron chi connectivity index (χ3n) is 1.47. The summed E-state index contributed by atoms with van der Waals surface area (Å²) >= 11 is 7.68. The van der Waals surface area contributed by atoms with E-state index in [0.29, 0.717) is 10.9 Å². The van der Waals surface area contributed by atoms with Gasteiger partial charge < -0.3 is 4.74 Å². The number of nitrogens with zero attached hydrogens (tertiary/aromatic N) is 1. The predicted molar refractivity (Wildman–Crippen MR) is 56.8 cm³/mol. The van der Waals surface area contributed by atoms with Gasteiger partial charge in [0.25, 0.3) is 0 Å². The first kappa shape index (κ1) is 10.7. The number of ether oxygens (including phenoxy) is 1. The quantitative estimate of drug-likeness (QED) is 0.723. The van der Waals surface area contributed by atoms with Crippen molar-refractivity contribution in [3.63, 3.8) is 0 Å². The normalized spacial score (nSPS) is 10.1. The highest BCUT2D eigenvalue weighted by Gasteiger charge is 2.08. The number of hydrogen-bond donors (Lipinski definition) is 0. The summed E-state index contributed by atoms with van der Waals surface area (Å²) in [4.78, 5) is 5.02. The van der Waals surface area contributed by atoms with Crippen molar-refractivity contribution in [2.45, 2.75) is 18.2 Å². The van der Waals surface area contributed by atoms with Gasteiger partial charge in [0.15, 0.2) is 0 Å². The molecule has 0 aromatic carbocycles. The van der Waals surface area contributed by atoms with Gasteiger partial charge in [-0.1, -0.05) is 18.5 Å². The first-order valence-corrected chi connectivity index (χ1v) is 5.47. The molecule has 0 saturated carbocycles. The summed E-state index contributed by atoms with van der Waals surface area (Å²) in [6.45, 7) is 2.13. The first-order valence-electron chi connectivity index (χ1n) is 4.11. The van der Waals surface area contributed by atoms with Crippen molar-refractivity contribution < 1.29 is 4.74 Å². The highest BCUT2D eigenvalue weighted by Crippen LogP contribution is 2.33. The van der Waals surface area contributed by atoms with Crippen LogP contribution in [0.25, 0.3) is 0 Å². The second kappa shape index (κ2) is 5.35. The fourth-order valence-corrected chi connectivity index (χ4v) is 2.06. The van der Waals surface area contributed by atoms with Crippen LogP contribution in [0.1, 0.15) is 13.3 Å². The second-order valence-corrected chi connectivity index (χ2v) is 3.99. The van der Waals surface area contributed by atoms with E-state index < -0.39 is 0 Å². The molecule has 2 nitrogen and oxygen atoms in total. The van der Waals surface area contributed by atoms with Crippen LogP contribution in [0.5, 0.6) is 5.88 Å². The monoisotopic (exact) mass is 217 g/mol. The minimum Gasteiger partial charge on any atom is -0.480 e. The number of thioether (sulfide) groups is 1. The van der Waals surface area contributed by atoms with Crippen LogP contribution < -0.4 is 4.74 Å². The lowest BCUT2D eigenvalue weighted by atomic mass is 10.5. The minimum absolute atomic E-state index is 0.617. The Bertz CT molecular complexity index is 280. The maximum absolute atomic E-state index is 6.00. The van der Waals surface area contributed by atoms with Crippen LogP contribution in [0.2, 0.25) is 5.02 Å². The van der Waals surface area contributed by atoms with Crippen molar-refractivity contribution in [1.29, 1.82) is 0 Å². The molecule has 0 N–H and O–H groups in total. The molecule has 1 aromatic heterocycles. The SMILES string of the molecule is CCCSc1c(Cl)ccnc1OC. The third kappa shape index (κ3) is 2.78. The molecule has 72 valence electrons. The molecule has 1 rings (SSSR count). The molecule has 0 saturated heterocycles. The number of aromatic nitrogens is 1. The van der Waals surface area contributed by atoms with Crippen molar-refractivity contribution in [1.82, 2.24) is 4.98 Å². The van der Waals surface area contributed by atoms with Crippen molar-refractivity contribution in [2.75, 3.05) is 12.9 Å². The van der Waals surface area contributed by atoms with Gasteiger partial charge in [-0.15, -0.1) is 11.8 Å². The number of methoxy groups -OCH3 is 1. The van der Waals surface area contributed by atoms with Gasteiger partial charge in [0.2, 0.25) is 5.88 Å². The minimum atomic E-state index is 0.617. The molecular formula is C9H12ClNOS. The van der Waals surface area contributed by atoms with E-state index in [0.717, 1.165) is 17.1 Å². The first-order chi connectivity index (χ1) is 6.29. The van der Waals surface area contributed by atoms with Crippen LogP contribution in [-0.4, -0.2) is 17.8 Å². The zero-order valence-electron chi connectivity index (χ0n) is 7.71. The predicted octanol–water partition coefficient (Wildman–Crippen LogP) is 3.25. The molecule has 0 aliphatic heterocycles. The van der Waals surface area contributed by atoms with E-state index in [4.69, 9.17) is 16.3 Å². The van der Waals surface area contributed by atoms with E-state index >= 15 is 0 Å². The molecule has 0 amide bonds. The Morgan fingerprint density at radius 3 is 3.00 bits per heavy atom. The van der Waals surface area contributed by atoms with Crippen LogP contribution in [0.4, 0.5) is 0 Å². The fraction of sp³-hybridized carbons (Fsp3) is 0.444. The van der Waals surface area contributed by atoms with Gasteiger partial charge >= 0.3 is 0 Å². The molecule has 0 bridgehead atoms. The van der Waals surface area contributed by atoms with Gasteiger partial charge in [-0.2, -0.15) is 0 Å². The molecule has 0 spiro atoms. The summed E-state index contributed by atoms with van der Waals surface area (Å²) < 4.78 is 5.11. The molecular weight excluding hydrogens is 206 g/mol. The summed E-state index contributed by atoms with van der Waals surface area (Å²) in [5, 5.41) is 0.713. The lowest BCUT2D eigenvalue weighted by molar-refractivity contribution is 0.387. The Balaban J connectivity index is 2.87. The molecule has 0 atom stereocenters. The maximum atomic E-state index is 6.00.